The highest BCUT2D eigenvalue weighted by Gasteiger charge is 2.55. The third-order valence-corrected chi connectivity index (χ3v) is 21.5. The zero-order valence-corrected chi connectivity index (χ0v) is 39.1. The molecule has 0 unspecified atom stereocenters. The molecular formula is C49H60O8SSi2. The highest BCUT2D eigenvalue weighted by atomic mass is 32.2. The van der Waals surface area contributed by atoms with Gasteiger partial charge in [0.25, 0.3) is 0 Å². The van der Waals surface area contributed by atoms with Crippen molar-refractivity contribution in [3.63, 3.8) is 0 Å². The molecule has 0 amide bonds. The topological polar surface area (TPSA) is 81.7 Å². The minimum Gasteiger partial charge on any atom is -0.452 e. The molecule has 1 fully saturated rings. The van der Waals surface area contributed by atoms with Crippen LogP contribution in [0.5, 0.6) is 0 Å². The van der Waals surface area contributed by atoms with E-state index in [1.165, 1.54) is 11.8 Å². The predicted octanol–water partition coefficient (Wildman–Crippen LogP) is 10.5. The predicted molar refractivity (Wildman–Crippen MR) is 244 cm³/mol. The van der Waals surface area contributed by atoms with Gasteiger partial charge in [0.2, 0.25) is 8.32 Å². The van der Waals surface area contributed by atoms with Crippen LogP contribution in [0.2, 0.25) is 23.2 Å². The van der Waals surface area contributed by atoms with Crippen molar-refractivity contribution in [2.45, 2.75) is 113 Å². The number of rotatable bonds is 16. The van der Waals surface area contributed by atoms with Crippen molar-refractivity contribution in [1.29, 1.82) is 0 Å². The van der Waals surface area contributed by atoms with E-state index in [4.69, 9.17) is 33.1 Å². The van der Waals surface area contributed by atoms with Crippen LogP contribution < -0.4 is 10.4 Å². The van der Waals surface area contributed by atoms with Crippen molar-refractivity contribution < 1.29 is 37.9 Å². The fourth-order valence-electron chi connectivity index (χ4n) is 6.91. The summed E-state index contributed by atoms with van der Waals surface area (Å²) in [6.45, 7) is 19.5. The van der Waals surface area contributed by atoms with Gasteiger partial charge in [0.15, 0.2) is 6.10 Å². The lowest BCUT2D eigenvalue weighted by Gasteiger charge is -2.46. The summed E-state index contributed by atoms with van der Waals surface area (Å²) in [5, 5.41) is 1.63. The van der Waals surface area contributed by atoms with E-state index in [1.807, 2.05) is 104 Å². The molecule has 8 nitrogen and oxygen atoms in total. The van der Waals surface area contributed by atoms with Crippen molar-refractivity contribution in [3.05, 3.63) is 162 Å². The Morgan fingerprint density at radius 1 is 0.650 bits per heavy atom. The van der Waals surface area contributed by atoms with E-state index in [9.17, 15) is 4.79 Å². The first-order valence-electron chi connectivity index (χ1n) is 20.7. The van der Waals surface area contributed by atoms with Crippen LogP contribution in [0.15, 0.2) is 150 Å². The Labute approximate surface area is 363 Å². The van der Waals surface area contributed by atoms with Crippen molar-refractivity contribution in [2.75, 3.05) is 6.61 Å². The van der Waals surface area contributed by atoms with Gasteiger partial charge < -0.3 is 14.2 Å². The van der Waals surface area contributed by atoms with Crippen LogP contribution in [-0.2, 0) is 39.7 Å². The molecule has 1 saturated heterocycles. The molecule has 1 heterocycles. The number of thioether (sulfide) groups is 1. The average Bonchev–Trinajstić information content (AvgIpc) is 3.23. The van der Waals surface area contributed by atoms with Gasteiger partial charge >= 0.3 is 14.3 Å². The Hall–Kier alpha value is -3.89. The van der Waals surface area contributed by atoms with Crippen LogP contribution in [0.3, 0.4) is 0 Å². The number of ether oxygens (including phenoxy) is 3. The first-order valence-corrected chi connectivity index (χ1v) is 26.4. The molecule has 318 valence electrons. The van der Waals surface area contributed by atoms with Gasteiger partial charge in [-0.25, -0.2) is 14.6 Å². The molecule has 5 aromatic carbocycles. The van der Waals surface area contributed by atoms with Gasteiger partial charge in [0.1, 0.15) is 30.4 Å². The van der Waals surface area contributed by atoms with Crippen LogP contribution in [0.4, 0.5) is 0 Å². The van der Waals surface area contributed by atoms with Crippen LogP contribution in [0.1, 0.15) is 63.0 Å². The summed E-state index contributed by atoms with van der Waals surface area (Å²) < 4.78 is 33.9. The molecule has 0 aromatic heterocycles. The fourth-order valence-corrected chi connectivity index (χ4v) is 12.7. The van der Waals surface area contributed by atoms with Gasteiger partial charge in [-0.3, -0.25) is 9.15 Å². The molecule has 5 atom stereocenters. The van der Waals surface area contributed by atoms with Crippen LogP contribution in [0, 0.1) is 6.92 Å². The zero-order valence-electron chi connectivity index (χ0n) is 36.3. The van der Waals surface area contributed by atoms with Crippen molar-refractivity contribution in [2.24, 2.45) is 0 Å². The van der Waals surface area contributed by atoms with Crippen LogP contribution >= 0.6 is 11.8 Å². The maximum atomic E-state index is 14.0. The van der Waals surface area contributed by atoms with E-state index in [0.717, 1.165) is 26.4 Å². The van der Waals surface area contributed by atoms with Crippen molar-refractivity contribution >= 4 is 44.7 Å². The highest BCUT2D eigenvalue weighted by Crippen LogP contribution is 2.42. The van der Waals surface area contributed by atoms with E-state index in [2.05, 4.69) is 91.0 Å². The Bertz CT molecular complexity index is 2040. The molecule has 60 heavy (non-hydrogen) atoms. The van der Waals surface area contributed by atoms with Gasteiger partial charge in [-0.15, -0.1) is 0 Å². The van der Waals surface area contributed by atoms with Crippen LogP contribution in [-0.4, -0.2) is 59.1 Å². The van der Waals surface area contributed by atoms with Crippen LogP contribution in [0.25, 0.3) is 0 Å². The molecular weight excluding hydrogens is 805 g/mol. The minimum atomic E-state index is -3.11. The number of hydrogen-bond donors (Lipinski definition) is 0. The Morgan fingerprint density at radius 3 is 1.72 bits per heavy atom. The van der Waals surface area contributed by atoms with E-state index < -0.39 is 52.5 Å². The summed E-state index contributed by atoms with van der Waals surface area (Å²) in [6.07, 6.45) is -3.49. The van der Waals surface area contributed by atoms with E-state index in [-0.39, 0.29) is 23.3 Å². The summed E-state index contributed by atoms with van der Waals surface area (Å²) in [7, 11) is -5.62. The second-order valence-corrected chi connectivity index (χ2v) is 27.9. The second-order valence-electron chi connectivity index (χ2n) is 17.9. The maximum absolute atomic E-state index is 14.0. The Morgan fingerprint density at radius 2 is 1.18 bits per heavy atom. The molecule has 0 spiro atoms. The molecule has 1 aliphatic rings. The van der Waals surface area contributed by atoms with Crippen molar-refractivity contribution in [3.8, 4) is 0 Å². The molecule has 0 aliphatic carbocycles. The Kier molecular flexibility index (Phi) is 15.1. The second kappa shape index (κ2) is 19.9. The van der Waals surface area contributed by atoms with Gasteiger partial charge in [-0.05, 0) is 70.3 Å². The zero-order chi connectivity index (χ0) is 43.0. The fraction of sp³-hybridized carbons (Fsp3) is 0.367. The summed E-state index contributed by atoms with van der Waals surface area (Å²) in [5.74, 6) is -0.499. The number of aryl methyl sites for hydroxylation is 1. The normalized spacial score (nSPS) is 20.1. The number of esters is 1. The lowest BCUT2D eigenvalue weighted by molar-refractivity contribution is -0.351. The summed E-state index contributed by atoms with van der Waals surface area (Å²) in [5.41, 5.74) is 1.75. The summed E-state index contributed by atoms with van der Waals surface area (Å²) >= 11 is 1.46. The molecule has 0 N–H and O–H groups in total. The minimum absolute atomic E-state index is 0.0362. The lowest BCUT2D eigenvalue weighted by Crippen LogP contribution is -2.67. The van der Waals surface area contributed by atoms with E-state index in [1.54, 1.807) is 12.1 Å². The van der Waals surface area contributed by atoms with Gasteiger partial charge in [-0.2, -0.15) is 0 Å². The third-order valence-electron chi connectivity index (χ3n) is 11.4. The van der Waals surface area contributed by atoms with E-state index in [0.29, 0.717) is 5.56 Å². The Balaban J connectivity index is 1.42. The number of benzene rings is 5. The monoisotopic (exact) mass is 864 g/mol. The summed E-state index contributed by atoms with van der Waals surface area (Å²) in [4.78, 5) is 28.1. The van der Waals surface area contributed by atoms with Gasteiger partial charge in [0.05, 0.1) is 12.2 Å². The third kappa shape index (κ3) is 10.9. The summed E-state index contributed by atoms with van der Waals surface area (Å²) in [6, 6.07) is 47.8. The highest BCUT2D eigenvalue weighted by molar-refractivity contribution is 7.99. The quantitative estimate of drug-likeness (QED) is 0.0417. The standard InChI is InChI=1S/C49H60O8SSi2/c1-36-30-32-39(33-31-36)58-47-45(54-46(50)38-24-16-11-17-25-38)44(51-34-37-22-14-10-15-23-37)43(55-57-59(8,9)48(2,3)4)42(53-47)35-52-56-60(49(5,6)7,40-26-18-12-19-27-40)41-28-20-13-21-29-41/h10-33,42-45,47H,34-35H2,1-9H3/t42-,43-,44+,45-,47+/m1/s1. The molecule has 0 saturated carbocycles. The maximum Gasteiger partial charge on any atom is 0.338 e. The van der Waals surface area contributed by atoms with Crippen molar-refractivity contribution in [1.82, 2.24) is 0 Å². The number of carbonyl (C=O) groups excluding carboxylic acids is 1. The van der Waals surface area contributed by atoms with E-state index >= 15 is 0 Å². The molecule has 5 aromatic rings. The van der Waals surface area contributed by atoms with Gasteiger partial charge in [-0.1, -0.05) is 180 Å². The SMILES string of the molecule is Cc1ccc(S[C@@H]2O[C@H](COO[Si](c3ccccc3)(c3ccccc3)C(C)(C)C)[C@@H](OO[Si](C)(C)C(C)(C)C)[C@H](OCc3ccccc3)[C@H]2OC(=O)c2ccccc2)cc1. The number of hydrogen-bond acceptors (Lipinski definition) is 9. The molecule has 0 bridgehead atoms. The van der Waals surface area contributed by atoms with Gasteiger partial charge in [0, 0.05) is 4.90 Å². The molecule has 6 rings (SSSR count). The molecule has 11 heteroatoms. The first-order chi connectivity index (χ1) is 28.6. The number of carbonyl (C=O) groups is 1. The smallest absolute Gasteiger partial charge is 0.338 e. The average molecular weight is 865 g/mol. The first kappa shape index (κ1) is 45.6. The largest absolute Gasteiger partial charge is 0.452 e. The molecule has 1 aliphatic heterocycles. The molecule has 0 radical (unpaired) electrons. The lowest BCUT2D eigenvalue weighted by atomic mass is 9.99.